The molecule has 0 saturated carbocycles. The van der Waals surface area contributed by atoms with Gasteiger partial charge in [-0.1, -0.05) is 0 Å². The molecule has 0 amide bonds. The summed E-state index contributed by atoms with van der Waals surface area (Å²) in [5.74, 6) is 2.41. The van der Waals surface area contributed by atoms with Crippen LogP contribution in [0.25, 0.3) is 0 Å². The van der Waals surface area contributed by atoms with Gasteiger partial charge in [0.05, 0.1) is 0 Å². The third kappa shape index (κ3) is 2.68. The molecule has 3 rings (SSSR count). The van der Waals surface area contributed by atoms with Crippen molar-refractivity contribution in [2.24, 2.45) is 0 Å². The van der Waals surface area contributed by atoms with Crippen molar-refractivity contribution in [3.8, 4) is 17.2 Å². The highest BCUT2D eigenvalue weighted by atomic mass is 16.7. The third-order valence-corrected chi connectivity index (χ3v) is 3.23. The normalized spacial score (nSPS) is 18.9. The summed E-state index contributed by atoms with van der Waals surface area (Å²) < 4.78 is 16.3. The van der Waals surface area contributed by atoms with Crippen LogP contribution in [0.1, 0.15) is 0 Å². The first-order chi connectivity index (χ1) is 8.92. The number of ether oxygens (including phenoxy) is 3. The van der Waals surface area contributed by atoms with E-state index >= 15 is 0 Å². The van der Waals surface area contributed by atoms with Crippen LogP contribution >= 0.6 is 0 Å². The molecule has 0 spiro atoms. The minimum Gasteiger partial charge on any atom is -0.492 e. The van der Waals surface area contributed by atoms with Crippen LogP contribution in [0.4, 0.5) is 0 Å². The Balaban J connectivity index is 1.48. The van der Waals surface area contributed by atoms with E-state index in [-0.39, 0.29) is 0 Å². The first kappa shape index (κ1) is 11.6. The highest BCUT2D eigenvalue weighted by Gasteiger charge is 2.14. The van der Waals surface area contributed by atoms with Crippen LogP contribution in [0.5, 0.6) is 17.2 Å². The molecule has 1 N–H and O–H groups in total. The molecule has 5 heteroatoms. The Morgan fingerprint density at radius 1 is 1.17 bits per heavy atom. The van der Waals surface area contributed by atoms with Crippen LogP contribution in [-0.4, -0.2) is 51.0 Å². The van der Waals surface area contributed by atoms with Gasteiger partial charge < -0.3 is 19.5 Å². The summed E-state index contributed by atoms with van der Waals surface area (Å²) in [5.41, 5.74) is 0. The Hall–Kier alpha value is -1.46. The van der Waals surface area contributed by atoms with Crippen molar-refractivity contribution in [3.05, 3.63) is 18.2 Å². The lowest BCUT2D eigenvalue weighted by molar-refractivity contribution is 0.173. The summed E-state index contributed by atoms with van der Waals surface area (Å²) in [7, 11) is 0. The van der Waals surface area contributed by atoms with Gasteiger partial charge in [0.2, 0.25) is 6.79 Å². The molecule has 18 heavy (non-hydrogen) atoms. The lowest BCUT2D eigenvalue weighted by atomic mass is 10.3. The van der Waals surface area contributed by atoms with Gasteiger partial charge in [-0.2, -0.15) is 0 Å². The van der Waals surface area contributed by atoms with E-state index < -0.39 is 0 Å². The van der Waals surface area contributed by atoms with Gasteiger partial charge in [-0.05, 0) is 12.1 Å². The van der Waals surface area contributed by atoms with E-state index in [4.69, 9.17) is 14.2 Å². The number of nitrogens with one attached hydrogen (secondary N) is 1. The van der Waals surface area contributed by atoms with Crippen LogP contribution in [0.3, 0.4) is 0 Å². The van der Waals surface area contributed by atoms with Crippen LogP contribution < -0.4 is 19.5 Å². The van der Waals surface area contributed by atoms with Gasteiger partial charge in [0.25, 0.3) is 0 Å². The van der Waals surface area contributed by atoms with E-state index in [9.17, 15) is 0 Å². The zero-order valence-electron chi connectivity index (χ0n) is 10.4. The Morgan fingerprint density at radius 2 is 2.00 bits per heavy atom. The topological polar surface area (TPSA) is 43.0 Å². The number of fused-ring (bicyclic) bond motifs is 1. The maximum Gasteiger partial charge on any atom is 0.231 e. The van der Waals surface area contributed by atoms with Gasteiger partial charge in [0.1, 0.15) is 12.4 Å². The molecule has 1 saturated heterocycles. The second kappa shape index (κ2) is 5.46. The van der Waals surface area contributed by atoms with Crippen molar-refractivity contribution in [2.75, 3.05) is 46.1 Å². The first-order valence-electron chi connectivity index (χ1n) is 6.37. The Kier molecular flexibility index (Phi) is 3.52. The summed E-state index contributed by atoms with van der Waals surface area (Å²) >= 11 is 0. The molecular formula is C13H18N2O3. The van der Waals surface area contributed by atoms with E-state index in [2.05, 4.69) is 10.2 Å². The molecule has 1 aromatic rings. The fourth-order valence-corrected chi connectivity index (χ4v) is 2.19. The molecule has 2 heterocycles. The second-order valence-corrected chi connectivity index (χ2v) is 4.46. The second-order valence-electron chi connectivity index (χ2n) is 4.46. The Labute approximate surface area is 107 Å². The van der Waals surface area contributed by atoms with Gasteiger partial charge in [0.15, 0.2) is 11.5 Å². The van der Waals surface area contributed by atoms with Crippen LogP contribution in [0.15, 0.2) is 18.2 Å². The quantitative estimate of drug-likeness (QED) is 0.852. The summed E-state index contributed by atoms with van der Waals surface area (Å²) in [6.45, 7) is 6.33. The van der Waals surface area contributed by atoms with Crippen LogP contribution in [0, 0.1) is 0 Å². The highest BCUT2D eigenvalue weighted by Crippen LogP contribution is 2.34. The van der Waals surface area contributed by atoms with Crippen LogP contribution in [-0.2, 0) is 0 Å². The van der Waals surface area contributed by atoms with Crippen molar-refractivity contribution in [1.82, 2.24) is 10.2 Å². The third-order valence-electron chi connectivity index (χ3n) is 3.23. The van der Waals surface area contributed by atoms with E-state index in [1.54, 1.807) is 0 Å². The molecule has 0 bridgehead atoms. The number of benzene rings is 1. The number of nitrogens with zero attached hydrogens (tertiary/aromatic N) is 1. The van der Waals surface area contributed by atoms with E-state index in [0.717, 1.165) is 50.0 Å². The highest BCUT2D eigenvalue weighted by molar-refractivity contribution is 5.46. The average Bonchev–Trinajstić information content (AvgIpc) is 2.87. The predicted molar refractivity (Wildman–Crippen MR) is 67.4 cm³/mol. The molecule has 0 atom stereocenters. The van der Waals surface area contributed by atoms with Gasteiger partial charge >= 0.3 is 0 Å². The van der Waals surface area contributed by atoms with Crippen LogP contribution in [0.2, 0.25) is 0 Å². The molecule has 2 aliphatic heterocycles. The summed E-state index contributed by atoms with van der Waals surface area (Å²) in [4.78, 5) is 2.41. The lowest BCUT2D eigenvalue weighted by Gasteiger charge is -2.26. The van der Waals surface area contributed by atoms with Gasteiger partial charge in [0, 0.05) is 38.8 Å². The molecule has 2 aliphatic rings. The molecule has 0 aliphatic carbocycles. The van der Waals surface area contributed by atoms with Crippen molar-refractivity contribution < 1.29 is 14.2 Å². The van der Waals surface area contributed by atoms with E-state index in [1.165, 1.54) is 0 Å². The molecule has 0 unspecified atom stereocenters. The molecule has 98 valence electrons. The lowest BCUT2D eigenvalue weighted by Crippen LogP contribution is -2.44. The summed E-state index contributed by atoms with van der Waals surface area (Å²) in [5, 5.41) is 3.34. The zero-order chi connectivity index (χ0) is 12.2. The number of hydrogen-bond donors (Lipinski definition) is 1. The first-order valence-corrected chi connectivity index (χ1v) is 6.37. The van der Waals surface area contributed by atoms with E-state index in [0.29, 0.717) is 13.4 Å². The predicted octanol–water partition coefficient (Wildman–Crippen LogP) is 0.699. The fourth-order valence-electron chi connectivity index (χ4n) is 2.19. The van der Waals surface area contributed by atoms with Gasteiger partial charge in [-0.25, -0.2) is 0 Å². The van der Waals surface area contributed by atoms with Crippen molar-refractivity contribution in [1.29, 1.82) is 0 Å². The maximum absolute atomic E-state index is 5.74. The number of hydrogen-bond acceptors (Lipinski definition) is 5. The maximum atomic E-state index is 5.74. The van der Waals surface area contributed by atoms with Crippen molar-refractivity contribution >= 4 is 0 Å². The average molecular weight is 250 g/mol. The van der Waals surface area contributed by atoms with E-state index in [1.807, 2.05) is 18.2 Å². The summed E-state index contributed by atoms with van der Waals surface area (Å²) in [6.07, 6.45) is 0. The Morgan fingerprint density at radius 3 is 2.89 bits per heavy atom. The summed E-state index contributed by atoms with van der Waals surface area (Å²) in [6, 6.07) is 5.70. The number of piperazine rings is 1. The monoisotopic (exact) mass is 250 g/mol. The molecule has 0 aromatic heterocycles. The zero-order valence-corrected chi connectivity index (χ0v) is 10.4. The van der Waals surface area contributed by atoms with Gasteiger partial charge in [-0.15, -0.1) is 0 Å². The standard InChI is InChI=1S/C13H18N2O3/c1-2-12-13(18-10-17-12)9-11(1)16-8-7-15-5-3-14-4-6-15/h1-2,9,14H,3-8,10H2. The molecule has 0 radical (unpaired) electrons. The Bertz CT molecular complexity index is 405. The van der Waals surface area contributed by atoms with Gasteiger partial charge in [-0.3, -0.25) is 4.90 Å². The smallest absolute Gasteiger partial charge is 0.231 e. The fraction of sp³-hybridized carbons (Fsp3) is 0.538. The molecule has 1 aromatic carbocycles. The SMILES string of the molecule is c1cc2c(cc1OCCN1CCNCC1)OCO2. The number of rotatable bonds is 4. The molecule has 5 nitrogen and oxygen atoms in total. The minimum atomic E-state index is 0.305. The minimum absolute atomic E-state index is 0.305. The largest absolute Gasteiger partial charge is 0.492 e. The van der Waals surface area contributed by atoms with Crippen molar-refractivity contribution in [2.45, 2.75) is 0 Å². The van der Waals surface area contributed by atoms with Crippen molar-refractivity contribution in [3.63, 3.8) is 0 Å². The molecule has 1 fully saturated rings. The molecular weight excluding hydrogens is 232 g/mol.